The van der Waals surface area contributed by atoms with Crippen LogP contribution in [0.1, 0.15) is 13.8 Å². The van der Waals surface area contributed by atoms with Crippen molar-refractivity contribution in [2.75, 3.05) is 46.3 Å². The van der Waals surface area contributed by atoms with E-state index in [1.807, 2.05) is 11.8 Å². The molecule has 1 N–H and O–H groups in total. The van der Waals surface area contributed by atoms with E-state index in [0.717, 1.165) is 44.3 Å². The molecule has 3 aliphatic heterocycles. The number of hydrogen-bond acceptors (Lipinski definition) is 6. The Bertz CT molecular complexity index is 581. The lowest BCUT2D eigenvalue weighted by molar-refractivity contribution is -0.127. The minimum Gasteiger partial charge on any atom is -0.340 e. The van der Waals surface area contributed by atoms with Crippen LogP contribution in [0.3, 0.4) is 0 Å². The second kappa shape index (κ2) is 6.43. The molecule has 3 amide bonds. The van der Waals surface area contributed by atoms with Crippen molar-refractivity contribution in [2.24, 2.45) is 4.99 Å². The Labute approximate surface area is 142 Å². The van der Waals surface area contributed by atoms with Crippen LogP contribution in [0.15, 0.2) is 17.1 Å². The Balaban J connectivity index is 1.86. The largest absolute Gasteiger partial charge is 0.340 e. The molecule has 2 saturated heterocycles. The number of rotatable bonds is 3. The van der Waals surface area contributed by atoms with Gasteiger partial charge >= 0.3 is 6.03 Å². The fraction of sp³-hybridized carbons (Fsp3) is 0.688. The highest BCUT2D eigenvalue weighted by Gasteiger charge is 2.49. The number of guanidine groups is 1. The number of amides is 3. The summed E-state index contributed by atoms with van der Waals surface area (Å²) in [7, 11) is 1.68. The number of nitrogens with one attached hydrogen (secondary N) is 1. The third-order valence-corrected chi connectivity index (χ3v) is 4.88. The van der Waals surface area contributed by atoms with Crippen LogP contribution in [-0.4, -0.2) is 96.0 Å². The quantitative estimate of drug-likeness (QED) is 0.721. The van der Waals surface area contributed by atoms with E-state index in [1.165, 1.54) is 4.90 Å². The third kappa shape index (κ3) is 2.86. The highest BCUT2D eigenvalue weighted by Crippen LogP contribution is 2.26. The SMILES string of the molecule is C=C(C)CN1C(N2CCN(CC)CC2)=NC2C1C(=O)NC(=O)N2C. The van der Waals surface area contributed by atoms with Crippen molar-refractivity contribution in [1.29, 1.82) is 0 Å². The van der Waals surface area contributed by atoms with Gasteiger partial charge in [0.1, 0.15) is 0 Å². The van der Waals surface area contributed by atoms with E-state index >= 15 is 0 Å². The average Bonchev–Trinajstić information content (AvgIpc) is 2.92. The van der Waals surface area contributed by atoms with Gasteiger partial charge in [-0.25, -0.2) is 9.79 Å². The smallest absolute Gasteiger partial charge is 0.325 e. The van der Waals surface area contributed by atoms with Gasteiger partial charge in [0, 0.05) is 39.8 Å². The lowest BCUT2D eigenvalue weighted by Crippen LogP contribution is -2.64. The Morgan fingerprint density at radius 2 is 1.96 bits per heavy atom. The normalized spacial score (nSPS) is 28.0. The Morgan fingerprint density at radius 1 is 1.29 bits per heavy atom. The number of carbonyl (C=O) groups is 2. The van der Waals surface area contributed by atoms with E-state index in [4.69, 9.17) is 4.99 Å². The summed E-state index contributed by atoms with van der Waals surface area (Å²) in [4.78, 5) is 37.2. The minimum atomic E-state index is -0.483. The average molecular weight is 334 g/mol. The molecule has 3 heterocycles. The van der Waals surface area contributed by atoms with Gasteiger partial charge in [0.25, 0.3) is 5.91 Å². The van der Waals surface area contributed by atoms with Crippen LogP contribution in [0.5, 0.6) is 0 Å². The summed E-state index contributed by atoms with van der Waals surface area (Å²) < 4.78 is 0. The highest BCUT2D eigenvalue weighted by atomic mass is 16.2. The molecular formula is C16H26N6O2. The van der Waals surface area contributed by atoms with Gasteiger partial charge in [-0.2, -0.15) is 0 Å². The maximum absolute atomic E-state index is 12.4. The van der Waals surface area contributed by atoms with Crippen LogP contribution in [-0.2, 0) is 4.79 Å². The summed E-state index contributed by atoms with van der Waals surface area (Å²) >= 11 is 0. The standard InChI is InChI=1S/C16H26N6O2/c1-5-20-6-8-21(9-7-20)15-17-13-12(22(15)10-11(2)3)14(23)18-16(24)19(13)4/h12-13H,2,5-10H2,1,3-4H3,(H,18,23,24). The van der Waals surface area contributed by atoms with Crippen LogP contribution < -0.4 is 5.32 Å². The first-order valence-electron chi connectivity index (χ1n) is 8.46. The lowest BCUT2D eigenvalue weighted by Gasteiger charge is -2.40. The molecule has 0 saturated carbocycles. The van der Waals surface area contributed by atoms with Crippen LogP contribution in [0.25, 0.3) is 0 Å². The topological polar surface area (TPSA) is 71.5 Å². The number of nitrogens with zero attached hydrogens (tertiary/aromatic N) is 5. The zero-order valence-electron chi connectivity index (χ0n) is 14.7. The van der Waals surface area contributed by atoms with Crippen LogP contribution >= 0.6 is 0 Å². The number of carbonyl (C=O) groups excluding carboxylic acids is 2. The Hall–Kier alpha value is -2.09. The predicted octanol–water partition coefficient (Wildman–Crippen LogP) is -0.252. The molecular weight excluding hydrogens is 308 g/mol. The molecule has 132 valence electrons. The number of fused-ring (bicyclic) bond motifs is 1. The molecule has 0 radical (unpaired) electrons. The van der Waals surface area contributed by atoms with Crippen molar-refractivity contribution in [3.05, 3.63) is 12.2 Å². The van der Waals surface area contributed by atoms with Crippen molar-refractivity contribution in [3.63, 3.8) is 0 Å². The van der Waals surface area contributed by atoms with E-state index in [-0.39, 0.29) is 5.91 Å². The molecule has 0 aromatic rings. The first-order valence-corrected chi connectivity index (χ1v) is 8.46. The van der Waals surface area contributed by atoms with E-state index < -0.39 is 18.2 Å². The monoisotopic (exact) mass is 334 g/mol. The van der Waals surface area contributed by atoms with E-state index in [0.29, 0.717) is 6.54 Å². The van der Waals surface area contributed by atoms with Crippen LogP contribution in [0.2, 0.25) is 0 Å². The molecule has 0 bridgehead atoms. The molecule has 2 atom stereocenters. The number of piperazine rings is 1. The molecule has 0 aromatic heterocycles. The maximum Gasteiger partial charge on any atom is 0.325 e. The molecule has 2 fully saturated rings. The summed E-state index contributed by atoms with van der Waals surface area (Å²) in [6.45, 7) is 13.4. The summed E-state index contributed by atoms with van der Waals surface area (Å²) in [5, 5.41) is 2.42. The van der Waals surface area contributed by atoms with Gasteiger partial charge in [-0.15, -0.1) is 0 Å². The van der Waals surface area contributed by atoms with Gasteiger partial charge in [0.05, 0.1) is 0 Å². The molecule has 8 heteroatoms. The van der Waals surface area contributed by atoms with Crippen LogP contribution in [0, 0.1) is 0 Å². The number of aliphatic imine (C=N–C) groups is 1. The van der Waals surface area contributed by atoms with E-state index in [1.54, 1.807) is 7.05 Å². The summed E-state index contributed by atoms with van der Waals surface area (Å²) in [6, 6.07) is -0.874. The summed E-state index contributed by atoms with van der Waals surface area (Å²) in [6.07, 6.45) is -0.468. The minimum absolute atomic E-state index is 0.282. The fourth-order valence-corrected chi connectivity index (χ4v) is 3.50. The van der Waals surface area contributed by atoms with Gasteiger partial charge in [0.2, 0.25) is 0 Å². The third-order valence-electron chi connectivity index (χ3n) is 4.88. The molecule has 3 aliphatic rings. The number of hydrogen-bond donors (Lipinski definition) is 1. The molecule has 3 rings (SSSR count). The van der Waals surface area contributed by atoms with Crippen molar-refractivity contribution < 1.29 is 9.59 Å². The van der Waals surface area contributed by atoms with Crippen molar-refractivity contribution in [2.45, 2.75) is 26.1 Å². The van der Waals surface area contributed by atoms with Crippen molar-refractivity contribution >= 4 is 17.9 Å². The van der Waals surface area contributed by atoms with Gasteiger partial charge in [-0.05, 0) is 13.5 Å². The molecule has 8 nitrogen and oxygen atoms in total. The summed E-state index contributed by atoms with van der Waals surface area (Å²) in [5.74, 6) is 0.524. The maximum atomic E-state index is 12.4. The number of imide groups is 1. The molecule has 2 unspecified atom stereocenters. The van der Waals surface area contributed by atoms with Gasteiger partial charge < -0.3 is 19.6 Å². The number of urea groups is 1. The first kappa shape index (κ1) is 16.8. The van der Waals surface area contributed by atoms with Gasteiger partial charge in [-0.3, -0.25) is 10.1 Å². The first-order chi connectivity index (χ1) is 11.4. The Kier molecular flexibility index (Phi) is 4.49. The zero-order chi connectivity index (χ0) is 17.4. The molecule has 0 aliphatic carbocycles. The van der Waals surface area contributed by atoms with E-state index in [9.17, 15) is 9.59 Å². The summed E-state index contributed by atoms with van der Waals surface area (Å²) in [5.41, 5.74) is 0.961. The zero-order valence-corrected chi connectivity index (χ0v) is 14.7. The highest BCUT2D eigenvalue weighted by molar-refractivity contribution is 6.03. The molecule has 24 heavy (non-hydrogen) atoms. The van der Waals surface area contributed by atoms with Crippen molar-refractivity contribution in [1.82, 2.24) is 24.9 Å². The molecule has 0 aromatic carbocycles. The fourth-order valence-electron chi connectivity index (χ4n) is 3.50. The van der Waals surface area contributed by atoms with Crippen molar-refractivity contribution in [3.8, 4) is 0 Å². The Morgan fingerprint density at radius 3 is 2.54 bits per heavy atom. The van der Waals surface area contributed by atoms with Crippen LogP contribution in [0.4, 0.5) is 4.79 Å². The second-order valence-corrected chi connectivity index (χ2v) is 6.70. The second-order valence-electron chi connectivity index (χ2n) is 6.70. The predicted molar refractivity (Wildman–Crippen MR) is 91.5 cm³/mol. The number of likely N-dealkylation sites (N-methyl/N-ethyl adjacent to an activating group) is 2. The van der Waals surface area contributed by atoms with E-state index in [2.05, 4.69) is 28.6 Å². The van der Waals surface area contributed by atoms with Gasteiger partial charge in [0.15, 0.2) is 18.2 Å². The van der Waals surface area contributed by atoms with Gasteiger partial charge in [-0.1, -0.05) is 19.1 Å². The lowest BCUT2D eigenvalue weighted by atomic mass is 10.1. The molecule has 0 spiro atoms.